The first kappa shape index (κ1) is 13.8. The van der Waals surface area contributed by atoms with Crippen molar-refractivity contribution in [3.63, 3.8) is 0 Å². The maximum absolute atomic E-state index is 4.00. The van der Waals surface area contributed by atoms with E-state index in [0.29, 0.717) is 0 Å². The SMILES string of the molecule is C=C(C)/C(C)=C/c1c(C)cccc1C(C)(C)C. The first-order valence-electron chi connectivity index (χ1n) is 6.17. The fraction of sp³-hybridized carbons (Fsp3) is 0.412. The van der Waals surface area contributed by atoms with Crippen LogP contribution < -0.4 is 0 Å². The maximum Gasteiger partial charge on any atom is -0.0126 e. The van der Waals surface area contributed by atoms with E-state index in [2.05, 4.69) is 72.4 Å². The summed E-state index contributed by atoms with van der Waals surface area (Å²) in [6, 6.07) is 6.54. The summed E-state index contributed by atoms with van der Waals surface area (Å²) < 4.78 is 0. The molecule has 0 aliphatic carbocycles. The van der Waals surface area contributed by atoms with Gasteiger partial charge in [-0.1, -0.05) is 57.2 Å². The van der Waals surface area contributed by atoms with Crippen LogP contribution in [0.25, 0.3) is 6.08 Å². The molecule has 1 aromatic rings. The molecule has 17 heavy (non-hydrogen) atoms. The molecule has 1 aromatic carbocycles. The Morgan fingerprint density at radius 1 is 1.18 bits per heavy atom. The van der Waals surface area contributed by atoms with Gasteiger partial charge in [0.2, 0.25) is 0 Å². The molecule has 0 unspecified atom stereocenters. The third kappa shape index (κ3) is 3.33. The molecule has 0 radical (unpaired) electrons. The van der Waals surface area contributed by atoms with Crippen LogP contribution in [0.3, 0.4) is 0 Å². The molecule has 0 amide bonds. The van der Waals surface area contributed by atoms with Crippen LogP contribution in [0.4, 0.5) is 0 Å². The first-order valence-corrected chi connectivity index (χ1v) is 6.17. The van der Waals surface area contributed by atoms with Gasteiger partial charge >= 0.3 is 0 Å². The molecule has 0 aliphatic rings. The fourth-order valence-corrected chi connectivity index (χ4v) is 1.87. The second kappa shape index (κ2) is 4.91. The Kier molecular flexibility index (Phi) is 3.98. The van der Waals surface area contributed by atoms with E-state index >= 15 is 0 Å². The van der Waals surface area contributed by atoms with Crippen molar-refractivity contribution in [2.75, 3.05) is 0 Å². The van der Waals surface area contributed by atoms with Gasteiger partial charge in [0.1, 0.15) is 0 Å². The van der Waals surface area contributed by atoms with Gasteiger partial charge in [0.15, 0.2) is 0 Å². The zero-order chi connectivity index (χ0) is 13.2. The topological polar surface area (TPSA) is 0 Å². The van der Waals surface area contributed by atoms with Crippen LogP contribution in [-0.4, -0.2) is 0 Å². The molecule has 0 nitrogen and oxygen atoms in total. The Labute approximate surface area is 106 Å². The van der Waals surface area contributed by atoms with Crippen LogP contribution in [-0.2, 0) is 5.41 Å². The number of benzene rings is 1. The normalized spacial score (nSPS) is 12.7. The molecule has 1 rings (SSSR count). The summed E-state index contributed by atoms with van der Waals surface area (Å²) in [5, 5.41) is 0. The number of aryl methyl sites for hydroxylation is 1. The second-order valence-electron chi connectivity index (χ2n) is 5.89. The number of rotatable bonds is 2. The molecule has 0 atom stereocenters. The average Bonchev–Trinajstić information content (AvgIpc) is 2.18. The highest BCUT2D eigenvalue weighted by Crippen LogP contribution is 2.30. The summed E-state index contributed by atoms with van der Waals surface area (Å²) in [5.74, 6) is 0. The van der Waals surface area contributed by atoms with Crippen molar-refractivity contribution in [2.45, 2.75) is 47.0 Å². The fourth-order valence-electron chi connectivity index (χ4n) is 1.87. The lowest BCUT2D eigenvalue weighted by molar-refractivity contribution is 0.588. The number of hydrogen-bond acceptors (Lipinski definition) is 0. The highest BCUT2D eigenvalue weighted by molar-refractivity contribution is 5.64. The summed E-state index contributed by atoms with van der Waals surface area (Å²) in [6.45, 7) is 17.1. The summed E-state index contributed by atoms with van der Waals surface area (Å²) in [5.41, 5.74) is 6.64. The van der Waals surface area contributed by atoms with Gasteiger partial charge in [0.25, 0.3) is 0 Å². The van der Waals surface area contributed by atoms with Crippen molar-refractivity contribution in [1.29, 1.82) is 0 Å². The zero-order valence-electron chi connectivity index (χ0n) is 12.0. The van der Waals surface area contributed by atoms with Crippen LogP contribution in [0, 0.1) is 6.92 Å². The van der Waals surface area contributed by atoms with Crippen molar-refractivity contribution in [3.05, 3.63) is 52.6 Å². The standard InChI is InChI=1S/C17H24/c1-12(2)14(4)11-15-13(3)9-8-10-16(15)17(5,6)7/h8-11H,1H2,2-7H3/b14-11+. The van der Waals surface area contributed by atoms with Crippen molar-refractivity contribution in [2.24, 2.45) is 0 Å². The van der Waals surface area contributed by atoms with Gasteiger partial charge in [-0.3, -0.25) is 0 Å². The largest absolute Gasteiger partial charge is 0.0958 e. The molecule has 0 heterocycles. The van der Waals surface area contributed by atoms with Crippen LogP contribution in [0.1, 0.15) is 51.3 Å². The minimum atomic E-state index is 0.174. The lowest BCUT2D eigenvalue weighted by Crippen LogP contribution is -2.13. The van der Waals surface area contributed by atoms with Crippen molar-refractivity contribution < 1.29 is 0 Å². The first-order chi connectivity index (χ1) is 7.73. The molecule has 0 saturated heterocycles. The monoisotopic (exact) mass is 228 g/mol. The lowest BCUT2D eigenvalue weighted by Gasteiger charge is -2.23. The third-order valence-corrected chi connectivity index (χ3v) is 3.17. The molecule has 0 heteroatoms. The minimum Gasteiger partial charge on any atom is -0.0958 e. The van der Waals surface area contributed by atoms with E-state index in [0.717, 1.165) is 5.57 Å². The Hall–Kier alpha value is -1.30. The van der Waals surface area contributed by atoms with Gasteiger partial charge < -0.3 is 0 Å². The average molecular weight is 228 g/mol. The minimum absolute atomic E-state index is 0.174. The van der Waals surface area contributed by atoms with Crippen molar-refractivity contribution >= 4 is 6.08 Å². The molecule has 0 saturated carbocycles. The van der Waals surface area contributed by atoms with Crippen LogP contribution in [0.5, 0.6) is 0 Å². The maximum atomic E-state index is 4.00. The quantitative estimate of drug-likeness (QED) is 0.605. The van der Waals surface area contributed by atoms with Gasteiger partial charge in [-0.15, -0.1) is 0 Å². The molecule has 0 aliphatic heterocycles. The molecule has 0 bridgehead atoms. The van der Waals surface area contributed by atoms with E-state index < -0.39 is 0 Å². The lowest BCUT2D eigenvalue weighted by atomic mass is 9.81. The Balaban J connectivity index is 3.42. The van der Waals surface area contributed by atoms with Gasteiger partial charge in [-0.05, 0) is 48.4 Å². The van der Waals surface area contributed by atoms with Gasteiger partial charge in [-0.25, -0.2) is 0 Å². The highest BCUT2D eigenvalue weighted by Gasteiger charge is 2.17. The van der Waals surface area contributed by atoms with E-state index in [4.69, 9.17) is 0 Å². The summed E-state index contributed by atoms with van der Waals surface area (Å²) in [4.78, 5) is 0. The highest BCUT2D eigenvalue weighted by atomic mass is 14.2. The number of allylic oxidation sites excluding steroid dienone is 2. The summed E-state index contributed by atoms with van der Waals surface area (Å²) in [7, 11) is 0. The van der Waals surface area contributed by atoms with E-state index in [9.17, 15) is 0 Å². The van der Waals surface area contributed by atoms with E-state index in [1.165, 1.54) is 22.3 Å². The van der Waals surface area contributed by atoms with Gasteiger partial charge in [-0.2, -0.15) is 0 Å². The van der Waals surface area contributed by atoms with Gasteiger partial charge in [0, 0.05) is 0 Å². The molecule has 92 valence electrons. The van der Waals surface area contributed by atoms with Crippen molar-refractivity contribution in [3.8, 4) is 0 Å². The predicted octanol–water partition coefficient (Wildman–Crippen LogP) is 5.27. The smallest absolute Gasteiger partial charge is 0.0126 e. The Morgan fingerprint density at radius 3 is 2.24 bits per heavy atom. The van der Waals surface area contributed by atoms with E-state index in [1.54, 1.807) is 0 Å². The van der Waals surface area contributed by atoms with E-state index in [-0.39, 0.29) is 5.41 Å². The van der Waals surface area contributed by atoms with Crippen molar-refractivity contribution in [1.82, 2.24) is 0 Å². The molecule has 0 fully saturated rings. The zero-order valence-corrected chi connectivity index (χ0v) is 12.0. The predicted molar refractivity (Wildman–Crippen MR) is 78.3 cm³/mol. The third-order valence-electron chi connectivity index (χ3n) is 3.17. The van der Waals surface area contributed by atoms with E-state index in [1.807, 2.05) is 0 Å². The van der Waals surface area contributed by atoms with Crippen LogP contribution in [0.15, 0.2) is 35.9 Å². The molecule has 0 aromatic heterocycles. The van der Waals surface area contributed by atoms with Crippen LogP contribution in [0.2, 0.25) is 0 Å². The summed E-state index contributed by atoms with van der Waals surface area (Å²) >= 11 is 0. The Morgan fingerprint density at radius 2 is 1.76 bits per heavy atom. The molecular weight excluding hydrogens is 204 g/mol. The van der Waals surface area contributed by atoms with Gasteiger partial charge in [0.05, 0.1) is 0 Å². The molecular formula is C17H24. The number of hydrogen-bond donors (Lipinski definition) is 0. The summed E-state index contributed by atoms with van der Waals surface area (Å²) in [6.07, 6.45) is 2.26. The Bertz CT molecular complexity index is 453. The van der Waals surface area contributed by atoms with Crippen LogP contribution >= 0.6 is 0 Å². The molecule has 0 spiro atoms. The molecule has 0 N–H and O–H groups in total. The second-order valence-corrected chi connectivity index (χ2v) is 5.89.